The quantitative estimate of drug-likeness (QED) is 0.442. The molecular formula is C29H32N4O4. The number of benzene rings is 1. The molecule has 37 heavy (non-hydrogen) atoms. The Labute approximate surface area is 216 Å². The van der Waals surface area contributed by atoms with E-state index in [0.29, 0.717) is 43.6 Å². The molecule has 2 aromatic heterocycles. The Morgan fingerprint density at radius 2 is 1.65 bits per heavy atom. The van der Waals surface area contributed by atoms with Gasteiger partial charge < -0.3 is 15.1 Å². The van der Waals surface area contributed by atoms with Gasteiger partial charge in [-0.3, -0.25) is 9.69 Å². The summed E-state index contributed by atoms with van der Waals surface area (Å²) in [6.45, 7) is 0.328. The lowest BCUT2D eigenvalue weighted by Gasteiger charge is -2.30. The highest BCUT2D eigenvalue weighted by molar-refractivity contribution is 5.94. The van der Waals surface area contributed by atoms with E-state index >= 15 is 0 Å². The molecule has 0 radical (unpaired) electrons. The monoisotopic (exact) mass is 500 g/mol. The summed E-state index contributed by atoms with van der Waals surface area (Å²) in [5.41, 5.74) is 3.62. The number of carbonyl (C=O) groups excluding carboxylic acids is 1. The number of aliphatic hydroxyl groups is 1. The lowest BCUT2D eigenvalue weighted by molar-refractivity contribution is -0.131. The first-order valence-electron chi connectivity index (χ1n) is 12.4. The average Bonchev–Trinajstić information content (AvgIpc) is 2.91. The van der Waals surface area contributed by atoms with Gasteiger partial charge in [-0.15, -0.1) is 0 Å². The third-order valence-corrected chi connectivity index (χ3v) is 6.61. The van der Waals surface area contributed by atoms with E-state index in [1.165, 1.54) is 6.08 Å². The number of amides is 1. The van der Waals surface area contributed by atoms with Gasteiger partial charge in [-0.2, -0.15) is 0 Å². The van der Waals surface area contributed by atoms with Crippen LogP contribution in [-0.4, -0.2) is 52.3 Å². The number of rotatable bonds is 8. The number of carboxylic acid groups (broad SMARTS) is 1. The minimum atomic E-state index is -1.04. The highest BCUT2D eigenvalue weighted by Crippen LogP contribution is 2.29. The zero-order valence-corrected chi connectivity index (χ0v) is 21.1. The number of hydrogen-bond acceptors (Lipinski definition) is 6. The average molecular weight is 501 g/mol. The molecule has 3 aromatic rings. The predicted octanol–water partition coefficient (Wildman–Crippen LogP) is 4.39. The lowest BCUT2D eigenvalue weighted by Crippen LogP contribution is -2.38. The molecule has 192 valence electrons. The van der Waals surface area contributed by atoms with E-state index in [2.05, 4.69) is 9.97 Å². The van der Waals surface area contributed by atoms with Crippen LogP contribution < -0.4 is 9.80 Å². The molecule has 2 N–H and O–H groups in total. The normalized spacial score (nSPS) is 17.5. The number of aliphatic hydroxyl groups excluding tert-OH is 1. The molecule has 2 heterocycles. The summed E-state index contributed by atoms with van der Waals surface area (Å²) in [5, 5.41) is 18.9. The van der Waals surface area contributed by atoms with E-state index in [-0.39, 0.29) is 17.9 Å². The number of carboxylic acids is 1. The third-order valence-electron chi connectivity index (χ3n) is 6.61. The summed E-state index contributed by atoms with van der Waals surface area (Å²) in [6, 6.07) is 15.4. The van der Waals surface area contributed by atoms with Gasteiger partial charge in [-0.25, -0.2) is 14.8 Å². The van der Waals surface area contributed by atoms with Gasteiger partial charge in [0, 0.05) is 44.0 Å². The van der Waals surface area contributed by atoms with Crippen LogP contribution in [0.25, 0.3) is 17.2 Å². The second kappa shape index (κ2) is 11.8. The van der Waals surface area contributed by atoms with Crippen LogP contribution in [0.3, 0.4) is 0 Å². The first kappa shape index (κ1) is 26.0. The Hall–Kier alpha value is -4.04. The maximum Gasteiger partial charge on any atom is 0.328 e. The van der Waals surface area contributed by atoms with E-state index in [4.69, 9.17) is 5.11 Å². The van der Waals surface area contributed by atoms with Crippen molar-refractivity contribution in [3.05, 3.63) is 78.1 Å². The predicted molar refractivity (Wildman–Crippen MR) is 144 cm³/mol. The summed E-state index contributed by atoms with van der Waals surface area (Å²) >= 11 is 0. The molecule has 4 rings (SSSR count). The molecule has 1 amide bonds. The number of aromatic nitrogens is 2. The molecule has 0 atom stereocenters. The van der Waals surface area contributed by atoms with Crippen molar-refractivity contribution in [3.8, 4) is 11.1 Å². The Balaban J connectivity index is 1.59. The fourth-order valence-corrected chi connectivity index (χ4v) is 4.47. The highest BCUT2D eigenvalue weighted by atomic mass is 16.4. The topological polar surface area (TPSA) is 107 Å². The number of nitrogens with zero attached hydrogens (tertiary/aromatic N) is 4. The van der Waals surface area contributed by atoms with Gasteiger partial charge in [0.25, 0.3) is 0 Å². The number of hydrogen-bond donors (Lipinski definition) is 2. The smallest absolute Gasteiger partial charge is 0.328 e. The summed E-state index contributed by atoms with van der Waals surface area (Å²) in [7, 11) is 3.90. The van der Waals surface area contributed by atoms with Crippen molar-refractivity contribution in [2.75, 3.05) is 23.9 Å². The SMILES string of the molecule is CN(C)c1ccc(-c2ccc(CN(C(=O)C3CCC(O)CC3)c3cc(C=CC(=O)O)ccn3)cc2)cn1. The first-order chi connectivity index (χ1) is 17.8. The second-order valence-corrected chi connectivity index (χ2v) is 9.55. The number of anilines is 2. The number of pyridine rings is 2. The largest absolute Gasteiger partial charge is 0.478 e. The zero-order chi connectivity index (χ0) is 26.4. The van der Waals surface area contributed by atoms with Crippen LogP contribution in [0.1, 0.15) is 36.8 Å². The molecule has 1 aromatic carbocycles. The van der Waals surface area contributed by atoms with Crippen LogP contribution in [0.15, 0.2) is 67.0 Å². The third kappa shape index (κ3) is 6.80. The summed E-state index contributed by atoms with van der Waals surface area (Å²) < 4.78 is 0. The van der Waals surface area contributed by atoms with Gasteiger partial charge in [0.1, 0.15) is 11.6 Å². The molecule has 1 fully saturated rings. The summed E-state index contributed by atoms with van der Waals surface area (Å²) in [6.07, 6.45) is 8.09. The van der Waals surface area contributed by atoms with Crippen molar-refractivity contribution in [3.63, 3.8) is 0 Å². The van der Waals surface area contributed by atoms with Crippen LogP contribution in [0.4, 0.5) is 11.6 Å². The molecule has 1 saturated carbocycles. The molecule has 8 nitrogen and oxygen atoms in total. The number of aliphatic carboxylic acids is 1. The first-order valence-corrected chi connectivity index (χ1v) is 12.4. The molecule has 8 heteroatoms. The molecule has 0 spiro atoms. The van der Waals surface area contributed by atoms with Crippen LogP contribution in [0.2, 0.25) is 0 Å². The summed E-state index contributed by atoms with van der Waals surface area (Å²) in [4.78, 5) is 37.1. The van der Waals surface area contributed by atoms with Crippen molar-refractivity contribution >= 4 is 29.6 Å². The highest BCUT2D eigenvalue weighted by Gasteiger charge is 2.30. The van der Waals surface area contributed by atoms with E-state index < -0.39 is 5.97 Å². The molecule has 0 saturated heterocycles. The maximum atomic E-state index is 13.6. The Bertz CT molecular complexity index is 1250. The Morgan fingerprint density at radius 3 is 2.27 bits per heavy atom. The molecule has 1 aliphatic carbocycles. The van der Waals surface area contributed by atoms with Crippen LogP contribution >= 0.6 is 0 Å². The van der Waals surface area contributed by atoms with Crippen LogP contribution in [-0.2, 0) is 16.1 Å². The lowest BCUT2D eigenvalue weighted by atomic mass is 9.86. The van der Waals surface area contributed by atoms with Gasteiger partial charge in [0.05, 0.1) is 12.6 Å². The van der Waals surface area contributed by atoms with Gasteiger partial charge >= 0.3 is 5.97 Å². The zero-order valence-electron chi connectivity index (χ0n) is 21.1. The second-order valence-electron chi connectivity index (χ2n) is 9.55. The van der Waals surface area contributed by atoms with Gasteiger partial charge in [0.2, 0.25) is 5.91 Å². The molecule has 0 aliphatic heterocycles. The molecule has 0 unspecified atom stereocenters. The van der Waals surface area contributed by atoms with Crippen molar-refractivity contribution in [1.29, 1.82) is 0 Å². The van der Waals surface area contributed by atoms with E-state index in [1.807, 2.05) is 61.6 Å². The summed E-state index contributed by atoms with van der Waals surface area (Å²) in [5.74, 6) is 0.0860. The minimum Gasteiger partial charge on any atom is -0.478 e. The number of carbonyl (C=O) groups is 2. The molecule has 1 aliphatic rings. The maximum absolute atomic E-state index is 13.6. The van der Waals surface area contributed by atoms with Crippen molar-refractivity contribution < 1.29 is 19.8 Å². The Kier molecular flexibility index (Phi) is 8.30. The fraction of sp³-hybridized carbons (Fsp3) is 0.310. The van der Waals surface area contributed by atoms with Crippen LogP contribution in [0, 0.1) is 5.92 Å². The van der Waals surface area contributed by atoms with Crippen molar-refractivity contribution in [1.82, 2.24) is 9.97 Å². The van der Waals surface area contributed by atoms with Gasteiger partial charge in [0.15, 0.2) is 0 Å². The van der Waals surface area contributed by atoms with Crippen molar-refractivity contribution in [2.24, 2.45) is 5.92 Å². The fourth-order valence-electron chi connectivity index (χ4n) is 4.47. The van der Waals surface area contributed by atoms with E-state index in [9.17, 15) is 14.7 Å². The van der Waals surface area contributed by atoms with Gasteiger partial charge in [-0.05, 0) is 72.7 Å². The van der Waals surface area contributed by atoms with Gasteiger partial charge in [-0.1, -0.05) is 24.3 Å². The van der Waals surface area contributed by atoms with Crippen molar-refractivity contribution in [2.45, 2.75) is 38.3 Å². The Morgan fingerprint density at radius 1 is 0.946 bits per heavy atom. The minimum absolute atomic E-state index is 0.0358. The standard InChI is InChI=1S/C29H32N4O4/c1-32(2)26-13-10-24(18-31-26)22-6-3-21(4-7-22)19-33(29(37)23-8-11-25(34)12-9-23)27-17-20(15-16-30-27)5-14-28(35)36/h3-7,10,13-18,23,25,34H,8-9,11-12,19H2,1-2H3,(H,35,36). The van der Waals surface area contributed by atoms with Crippen LogP contribution in [0.5, 0.6) is 0 Å². The van der Waals surface area contributed by atoms with E-state index in [1.54, 1.807) is 23.2 Å². The molecular weight excluding hydrogens is 468 g/mol. The molecule has 0 bridgehead atoms. The van der Waals surface area contributed by atoms with E-state index in [0.717, 1.165) is 28.6 Å².